The maximum absolute atomic E-state index is 13.4. The lowest BCUT2D eigenvalue weighted by Crippen LogP contribution is -2.41. The van der Waals surface area contributed by atoms with Crippen LogP contribution in [0, 0.1) is 0 Å². The topological polar surface area (TPSA) is 83.0 Å². The second kappa shape index (κ2) is 7.06. The zero-order valence-electron chi connectivity index (χ0n) is 16.6. The van der Waals surface area contributed by atoms with E-state index in [1.54, 1.807) is 0 Å². The van der Waals surface area contributed by atoms with Crippen LogP contribution in [0.1, 0.15) is 48.3 Å². The normalized spacial score (nSPS) is 18.4. The molecule has 0 fully saturated rings. The van der Waals surface area contributed by atoms with E-state index in [1.165, 1.54) is 17.9 Å². The van der Waals surface area contributed by atoms with Gasteiger partial charge in [-0.25, -0.2) is 0 Å². The maximum Gasteiger partial charge on any atom is 0.232 e. The van der Waals surface area contributed by atoms with Crippen LogP contribution in [0.4, 0.5) is 0 Å². The van der Waals surface area contributed by atoms with Gasteiger partial charge in [0.2, 0.25) is 11.8 Å². The highest BCUT2D eigenvalue weighted by atomic mass is 16.2. The van der Waals surface area contributed by atoms with E-state index >= 15 is 0 Å². The van der Waals surface area contributed by atoms with Gasteiger partial charge in [0.1, 0.15) is 0 Å². The summed E-state index contributed by atoms with van der Waals surface area (Å²) in [6, 6.07) is 10.3. The first-order valence-corrected chi connectivity index (χ1v) is 10.3. The van der Waals surface area contributed by atoms with Crippen molar-refractivity contribution in [3.05, 3.63) is 53.0 Å². The lowest BCUT2D eigenvalue weighted by molar-refractivity contribution is -0.134. The largest absolute Gasteiger partial charge is 0.357 e. The van der Waals surface area contributed by atoms with E-state index in [9.17, 15) is 9.59 Å². The summed E-state index contributed by atoms with van der Waals surface area (Å²) in [4.78, 5) is 30.1. The molecule has 1 aliphatic heterocycles. The fourth-order valence-corrected chi connectivity index (χ4v) is 4.70. The van der Waals surface area contributed by atoms with Gasteiger partial charge in [-0.3, -0.25) is 14.3 Å². The Morgan fingerprint density at radius 2 is 2.14 bits per heavy atom. The summed E-state index contributed by atoms with van der Waals surface area (Å²) in [6.07, 6.45) is 2.96. The molecule has 5 rings (SSSR count). The summed E-state index contributed by atoms with van der Waals surface area (Å²) in [5, 5.41) is 8.58. The van der Waals surface area contributed by atoms with Crippen molar-refractivity contribution in [2.45, 2.75) is 51.7 Å². The number of hydrogen-bond acceptors (Lipinski definition) is 3. The number of aromatic amines is 1. The molecule has 0 radical (unpaired) electrons. The smallest absolute Gasteiger partial charge is 0.232 e. The molecule has 3 aromatic rings. The SMILES string of the molecule is CC(=O)NCc1cc2n(n1)CCN(C(=O)C1CCCc3c1[nH]c1ccccc31)C2. The van der Waals surface area contributed by atoms with E-state index in [2.05, 4.69) is 33.6 Å². The predicted molar refractivity (Wildman–Crippen MR) is 109 cm³/mol. The molecule has 7 heteroatoms. The van der Waals surface area contributed by atoms with Gasteiger partial charge in [-0.15, -0.1) is 0 Å². The predicted octanol–water partition coefficient (Wildman–Crippen LogP) is 2.46. The van der Waals surface area contributed by atoms with Crippen LogP contribution in [0.2, 0.25) is 0 Å². The lowest BCUT2D eigenvalue weighted by Gasteiger charge is -2.32. The number of para-hydroxylation sites is 1. The first-order chi connectivity index (χ1) is 14.1. The van der Waals surface area contributed by atoms with Crippen LogP contribution in [0.3, 0.4) is 0 Å². The van der Waals surface area contributed by atoms with Gasteiger partial charge in [-0.2, -0.15) is 5.10 Å². The van der Waals surface area contributed by atoms with Gasteiger partial charge in [-0.05, 0) is 37.0 Å². The molecule has 1 aliphatic carbocycles. The summed E-state index contributed by atoms with van der Waals surface area (Å²) in [5.41, 5.74) is 5.40. The molecule has 2 N–H and O–H groups in total. The van der Waals surface area contributed by atoms with E-state index in [0.29, 0.717) is 26.2 Å². The van der Waals surface area contributed by atoms with E-state index < -0.39 is 0 Å². The van der Waals surface area contributed by atoms with E-state index in [-0.39, 0.29) is 17.7 Å². The van der Waals surface area contributed by atoms with Crippen molar-refractivity contribution >= 4 is 22.7 Å². The first kappa shape index (κ1) is 18.0. The second-order valence-corrected chi connectivity index (χ2v) is 8.03. The molecule has 2 amide bonds. The highest BCUT2D eigenvalue weighted by Crippen LogP contribution is 2.37. The molecule has 7 nitrogen and oxygen atoms in total. The molecule has 2 aliphatic rings. The number of carbonyl (C=O) groups is 2. The van der Waals surface area contributed by atoms with Gasteiger partial charge in [-0.1, -0.05) is 18.2 Å². The minimum Gasteiger partial charge on any atom is -0.357 e. The number of hydrogen-bond donors (Lipinski definition) is 2. The number of nitrogens with zero attached hydrogens (tertiary/aromatic N) is 3. The van der Waals surface area contributed by atoms with E-state index in [1.807, 2.05) is 21.7 Å². The third-order valence-electron chi connectivity index (χ3n) is 6.09. The number of fused-ring (bicyclic) bond motifs is 4. The molecular weight excluding hydrogens is 366 g/mol. The molecule has 0 saturated carbocycles. The summed E-state index contributed by atoms with van der Waals surface area (Å²) in [7, 11) is 0. The molecular formula is C22H25N5O2. The molecule has 150 valence electrons. The molecule has 29 heavy (non-hydrogen) atoms. The van der Waals surface area contributed by atoms with Crippen molar-refractivity contribution in [1.29, 1.82) is 0 Å². The molecule has 1 unspecified atom stereocenters. The van der Waals surface area contributed by atoms with E-state index in [4.69, 9.17) is 0 Å². The lowest BCUT2D eigenvalue weighted by atomic mass is 9.85. The summed E-state index contributed by atoms with van der Waals surface area (Å²) >= 11 is 0. The minimum absolute atomic E-state index is 0.0702. The van der Waals surface area contributed by atoms with Gasteiger partial charge < -0.3 is 15.2 Å². The second-order valence-electron chi connectivity index (χ2n) is 8.03. The van der Waals surface area contributed by atoms with Crippen molar-refractivity contribution < 1.29 is 9.59 Å². The molecule has 1 aromatic carbocycles. The van der Waals surface area contributed by atoms with Gasteiger partial charge in [0.05, 0.1) is 36.9 Å². The molecule has 0 spiro atoms. The van der Waals surface area contributed by atoms with Crippen LogP contribution in [-0.4, -0.2) is 38.0 Å². The third kappa shape index (κ3) is 3.20. The van der Waals surface area contributed by atoms with Gasteiger partial charge >= 0.3 is 0 Å². The van der Waals surface area contributed by atoms with Crippen LogP contribution in [0.25, 0.3) is 10.9 Å². The monoisotopic (exact) mass is 391 g/mol. The fourth-order valence-electron chi connectivity index (χ4n) is 4.70. The van der Waals surface area contributed by atoms with Crippen molar-refractivity contribution in [2.24, 2.45) is 0 Å². The van der Waals surface area contributed by atoms with Crippen LogP contribution < -0.4 is 5.32 Å². The number of aromatic nitrogens is 3. The maximum atomic E-state index is 13.4. The van der Waals surface area contributed by atoms with Crippen molar-refractivity contribution in [3.63, 3.8) is 0 Å². The summed E-state index contributed by atoms with van der Waals surface area (Å²) in [5.74, 6) is 0.0343. The van der Waals surface area contributed by atoms with Gasteiger partial charge in [0.15, 0.2) is 0 Å². The van der Waals surface area contributed by atoms with Crippen molar-refractivity contribution in [1.82, 2.24) is 25.0 Å². The van der Waals surface area contributed by atoms with Crippen molar-refractivity contribution in [3.8, 4) is 0 Å². The number of nitrogens with one attached hydrogen (secondary N) is 2. The Hall–Kier alpha value is -3.09. The average molecular weight is 391 g/mol. The molecule has 3 heterocycles. The molecule has 0 saturated heterocycles. The average Bonchev–Trinajstić information content (AvgIpc) is 3.31. The van der Waals surface area contributed by atoms with E-state index in [0.717, 1.165) is 41.9 Å². The Morgan fingerprint density at radius 3 is 3.00 bits per heavy atom. The molecule has 2 aromatic heterocycles. The highest BCUT2D eigenvalue weighted by Gasteiger charge is 2.34. The molecule has 0 bridgehead atoms. The highest BCUT2D eigenvalue weighted by molar-refractivity contribution is 5.90. The number of rotatable bonds is 3. The number of benzene rings is 1. The van der Waals surface area contributed by atoms with Gasteiger partial charge in [0.25, 0.3) is 0 Å². The Labute approximate surface area is 169 Å². The Balaban J connectivity index is 1.37. The van der Waals surface area contributed by atoms with Crippen LogP contribution in [0.5, 0.6) is 0 Å². The number of aryl methyl sites for hydroxylation is 1. The van der Waals surface area contributed by atoms with Gasteiger partial charge in [0, 0.05) is 30.1 Å². The van der Waals surface area contributed by atoms with Crippen LogP contribution in [-0.2, 0) is 35.6 Å². The summed E-state index contributed by atoms with van der Waals surface area (Å²) in [6.45, 7) is 3.84. The Bertz CT molecular complexity index is 1100. The standard InChI is InChI=1S/C22H25N5O2/c1-14(28)23-12-15-11-16-13-26(9-10-27(16)25-15)22(29)19-7-4-6-18-17-5-2-3-8-20(17)24-21(18)19/h2-3,5,8,11,19,24H,4,6-7,9-10,12-13H2,1H3,(H,23,28). The number of amides is 2. The van der Waals surface area contributed by atoms with Crippen LogP contribution >= 0.6 is 0 Å². The minimum atomic E-state index is -0.0977. The Morgan fingerprint density at radius 1 is 1.28 bits per heavy atom. The Kier molecular flexibility index (Phi) is 4.38. The van der Waals surface area contributed by atoms with Crippen LogP contribution in [0.15, 0.2) is 30.3 Å². The zero-order valence-corrected chi connectivity index (χ0v) is 16.6. The number of H-pyrrole nitrogens is 1. The first-order valence-electron chi connectivity index (χ1n) is 10.3. The fraction of sp³-hybridized carbons (Fsp3) is 0.409. The quantitative estimate of drug-likeness (QED) is 0.719. The zero-order chi connectivity index (χ0) is 20.0. The molecule has 1 atom stereocenters. The van der Waals surface area contributed by atoms with Crippen molar-refractivity contribution in [2.75, 3.05) is 6.54 Å². The number of carbonyl (C=O) groups excluding carboxylic acids is 2. The third-order valence-corrected chi connectivity index (χ3v) is 6.09. The summed E-state index contributed by atoms with van der Waals surface area (Å²) < 4.78 is 1.95.